The molecule has 0 bridgehead atoms. The molecular formula is C44H49NO8. The molecule has 0 spiro atoms. The van der Waals surface area contributed by atoms with Gasteiger partial charge in [0.2, 0.25) is 0 Å². The Morgan fingerprint density at radius 1 is 0.509 bits per heavy atom. The lowest BCUT2D eigenvalue weighted by atomic mass is 10.1. The maximum atomic E-state index is 13.4. The van der Waals surface area contributed by atoms with Crippen molar-refractivity contribution < 1.29 is 38.1 Å². The van der Waals surface area contributed by atoms with E-state index in [2.05, 4.69) is 13.8 Å². The minimum Gasteiger partial charge on any atom is -0.494 e. The third kappa shape index (κ3) is 13.8. The van der Waals surface area contributed by atoms with Crippen LogP contribution >= 0.6 is 0 Å². The summed E-state index contributed by atoms with van der Waals surface area (Å²) in [5.41, 5.74) is 0.656. The zero-order valence-electron chi connectivity index (χ0n) is 30.8. The van der Waals surface area contributed by atoms with Gasteiger partial charge in [0.1, 0.15) is 34.3 Å². The van der Waals surface area contributed by atoms with Gasteiger partial charge < -0.3 is 23.7 Å². The van der Waals surface area contributed by atoms with Crippen LogP contribution in [0.3, 0.4) is 0 Å². The van der Waals surface area contributed by atoms with Crippen LogP contribution < -0.4 is 23.7 Å². The molecule has 4 aromatic rings. The predicted octanol–water partition coefficient (Wildman–Crippen LogP) is 10.7. The van der Waals surface area contributed by atoms with Gasteiger partial charge in [-0.1, -0.05) is 84.1 Å². The molecule has 0 aliphatic rings. The number of esters is 3. The summed E-state index contributed by atoms with van der Waals surface area (Å²) in [7, 11) is 0. The van der Waals surface area contributed by atoms with Crippen molar-refractivity contribution in [2.24, 2.45) is 0 Å². The Morgan fingerprint density at radius 3 is 1.53 bits per heavy atom. The molecule has 0 unspecified atom stereocenters. The fraction of sp³-hybridized carbons (Fsp3) is 0.364. The van der Waals surface area contributed by atoms with Gasteiger partial charge in [0.05, 0.1) is 36.0 Å². The molecule has 9 heteroatoms. The quantitative estimate of drug-likeness (QED) is 0.0444. The zero-order chi connectivity index (χ0) is 37.7. The lowest BCUT2D eigenvalue weighted by Gasteiger charge is -2.13. The highest BCUT2D eigenvalue weighted by molar-refractivity contribution is 5.98. The van der Waals surface area contributed by atoms with Gasteiger partial charge in [0, 0.05) is 0 Å². The molecule has 0 atom stereocenters. The molecule has 0 amide bonds. The lowest BCUT2D eigenvalue weighted by Crippen LogP contribution is -2.15. The zero-order valence-corrected chi connectivity index (χ0v) is 30.8. The summed E-state index contributed by atoms with van der Waals surface area (Å²) in [4.78, 5) is 39.7. The van der Waals surface area contributed by atoms with Gasteiger partial charge in [0.15, 0.2) is 0 Å². The summed E-state index contributed by atoms with van der Waals surface area (Å²) in [6.45, 7) is 5.58. The number of unbranched alkanes of at least 4 members (excludes halogenated alkanes) is 10. The van der Waals surface area contributed by atoms with E-state index in [0.29, 0.717) is 30.3 Å². The predicted molar refractivity (Wildman–Crippen MR) is 203 cm³/mol. The van der Waals surface area contributed by atoms with Crippen LogP contribution in [0.15, 0.2) is 91.0 Å². The number of nitriles is 1. The summed E-state index contributed by atoms with van der Waals surface area (Å²) in [5, 5.41) is 9.27. The Kier molecular flexibility index (Phi) is 16.9. The summed E-state index contributed by atoms with van der Waals surface area (Å²) in [6.07, 6.45) is 13.9. The number of ether oxygens (including phenoxy) is 5. The summed E-state index contributed by atoms with van der Waals surface area (Å²) < 4.78 is 28.4. The third-order valence-corrected chi connectivity index (χ3v) is 8.47. The van der Waals surface area contributed by atoms with Crippen molar-refractivity contribution in [2.45, 2.75) is 90.9 Å². The topological polar surface area (TPSA) is 121 Å². The first-order valence-electron chi connectivity index (χ1n) is 18.7. The number of carbonyl (C=O) groups excluding carboxylic acids is 3. The number of rotatable bonds is 22. The lowest BCUT2D eigenvalue weighted by molar-refractivity contribution is 0.0691. The van der Waals surface area contributed by atoms with Crippen LogP contribution in [0.2, 0.25) is 0 Å². The molecule has 0 radical (unpaired) electrons. The first kappa shape index (κ1) is 40.2. The van der Waals surface area contributed by atoms with E-state index >= 15 is 0 Å². The highest BCUT2D eigenvalue weighted by Gasteiger charge is 2.21. The number of benzene rings is 4. The molecule has 0 aliphatic carbocycles. The van der Waals surface area contributed by atoms with E-state index in [4.69, 9.17) is 23.7 Å². The Morgan fingerprint density at radius 2 is 0.981 bits per heavy atom. The molecule has 0 saturated carbocycles. The van der Waals surface area contributed by atoms with Gasteiger partial charge in [-0.2, -0.15) is 5.26 Å². The molecule has 9 nitrogen and oxygen atoms in total. The van der Waals surface area contributed by atoms with Crippen LogP contribution in [0.4, 0.5) is 0 Å². The van der Waals surface area contributed by atoms with Gasteiger partial charge in [-0.05, 0) is 97.8 Å². The van der Waals surface area contributed by atoms with E-state index in [1.165, 1.54) is 81.7 Å². The van der Waals surface area contributed by atoms with E-state index in [1.807, 2.05) is 6.07 Å². The Hall–Kier alpha value is -5.62. The second kappa shape index (κ2) is 22.3. The van der Waals surface area contributed by atoms with Crippen molar-refractivity contribution >= 4 is 17.9 Å². The number of carbonyl (C=O) groups is 3. The summed E-state index contributed by atoms with van der Waals surface area (Å²) in [5.74, 6) is -0.916. The van der Waals surface area contributed by atoms with Crippen molar-refractivity contribution in [3.05, 3.63) is 113 Å². The number of hydrogen-bond acceptors (Lipinski definition) is 9. The minimum atomic E-state index is -0.883. The highest BCUT2D eigenvalue weighted by Crippen LogP contribution is 2.28. The highest BCUT2D eigenvalue weighted by atomic mass is 16.6. The first-order chi connectivity index (χ1) is 25.9. The van der Waals surface area contributed by atoms with Gasteiger partial charge in [0.25, 0.3) is 0 Å². The maximum Gasteiger partial charge on any atom is 0.347 e. The molecule has 0 heterocycles. The van der Waals surface area contributed by atoms with Crippen LogP contribution in [0, 0.1) is 11.3 Å². The fourth-order valence-corrected chi connectivity index (χ4v) is 5.46. The maximum absolute atomic E-state index is 13.4. The normalized spacial score (nSPS) is 10.6. The average Bonchev–Trinajstić information content (AvgIpc) is 3.18. The Labute approximate surface area is 312 Å². The van der Waals surface area contributed by atoms with Crippen molar-refractivity contribution in [2.75, 3.05) is 13.2 Å². The van der Waals surface area contributed by atoms with E-state index in [0.717, 1.165) is 25.7 Å². The third-order valence-electron chi connectivity index (χ3n) is 8.47. The smallest absolute Gasteiger partial charge is 0.347 e. The van der Waals surface area contributed by atoms with Gasteiger partial charge >= 0.3 is 17.9 Å². The fourth-order valence-electron chi connectivity index (χ4n) is 5.46. The molecule has 0 fully saturated rings. The van der Waals surface area contributed by atoms with E-state index in [1.54, 1.807) is 60.7 Å². The summed E-state index contributed by atoms with van der Waals surface area (Å²) >= 11 is 0. The molecule has 278 valence electrons. The molecule has 0 aliphatic heterocycles. The SMILES string of the molecule is CCCCCCCCOc1ccc(C(=O)Oc2ccc(OC(=O)c3ccc(OCCCCCCCC)cc3)c(C(=O)Oc3cccc(C#N)c3)c2)cc1. The molecular weight excluding hydrogens is 670 g/mol. The van der Waals surface area contributed by atoms with Crippen LogP contribution in [-0.4, -0.2) is 31.1 Å². The number of hydrogen-bond donors (Lipinski definition) is 0. The Balaban J connectivity index is 1.41. The molecule has 0 aromatic heterocycles. The van der Waals surface area contributed by atoms with E-state index in [-0.39, 0.29) is 33.9 Å². The largest absolute Gasteiger partial charge is 0.494 e. The van der Waals surface area contributed by atoms with Crippen LogP contribution in [0.5, 0.6) is 28.7 Å². The van der Waals surface area contributed by atoms with Crippen LogP contribution in [0.1, 0.15) is 128 Å². The average molecular weight is 720 g/mol. The van der Waals surface area contributed by atoms with Crippen LogP contribution in [0.25, 0.3) is 0 Å². The van der Waals surface area contributed by atoms with E-state index in [9.17, 15) is 19.6 Å². The monoisotopic (exact) mass is 719 g/mol. The molecule has 4 aromatic carbocycles. The second-order valence-corrected chi connectivity index (χ2v) is 12.7. The number of nitrogens with zero attached hydrogens (tertiary/aromatic N) is 1. The molecule has 0 saturated heterocycles. The molecule has 0 N–H and O–H groups in total. The Bertz CT molecular complexity index is 1790. The van der Waals surface area contributed by atoms with Gasteiger partial charge in [-0.25, -0.2) is 14.4 Å². The molecule has 4 rings (SSSR count). The van der Waals surface area contributed by atoms with Crippen molar-refractivity contribution in [3.63, 3.8) is 0 Å². The standard InChI is InChI=1S/C44H49NO8/c1-3-5-7-9-11-13-28-49-36-22-18-34(19-23-36)42(46)51-39-26-27-41(40(31-39)44(48)52-38-17-15-16-33(30-38)32-45)53-43(47)35-20-24-37(25-21-35)50-29-14-12-10-8-6-4-2/h15-27,30-31H,3-14,28-29H2,1-2H3. The van der Waals surface area contributed by atoms with Crippen molar-refractivity contribution in [1.29, 1.82) is 5.26 Å². The van der Waals surface area contributed by atoms with Crippen LogP contribution in [-0.2, 0) is 0 Å². The second-order valence-electron chi connectivity index (χ2n) is 12.7. The molecule has 53 heavy (non-hydrogen) atoms. The summed E-state index contributed by atoms with van der Waals surface area (Å²) in [6, 6.07) is 25.3. The van der Waals surface area contributed by atoms with Crippen molar-refractivity contribution in [1.82, 2.24) is 0 Å². The van der Waals surface area contributed by atoms with Crippen molar-refractivity contribution in [3.8, 4) is 34.8 Å². The van der Waals surface area contributed by atoms with Gasteiger partial charge in [-0.15, -0.1) is 0 Å². The van der Waals surface area contributed by atoms with Gasteiger partial charge in [-0.3, -0.25) is 0 Å². The van der Waals surface area contributed by atoms with E-state index < -0.39 is 17.9 Å². The first-order valence-corrected chi connectivity index (χ1v) is 18.7. The minimum absolute atomic E-state index is 0.0304.